The van der Waals surface area contributed by atoms with Gasteiger partial charge in [0.25, 0.3) is 0 Å². The highest BCUT2D eigenvalue weighted by Gasteiger charge is 2.49. The number of hydrogen-bond donors (Lipinski definition) is 2. The van der Waals surface area contributed by atoms with E-state index in [1.165, 1.54) is 0 Å². The second-order valence-corrected chi connectivity index (χ2v) is 8.59. The molecule has 3 N–H and O–H groups in total. The second kappa shape index (κ2) is 9.44. The molecule has 4 heteroatoms. The van der Waals surface area contributed by atoms with E-state index in [9.17, 15) is 4.79 Å². The summed E-state index contributed by atoms with van der Waals surface area (Å²) in [5.74, 6) is -0.107. The molecule has 31 heavy (non-hydrogen) atoms. The molecular weight excluding hydrogens is 382 g/mol. The fourth-order valence-electron chi connectivity index (χ4n) is 5.23. The lowest BCUT2D eigenvalue weighted by molar-refractivity contribution is -0.123. The summed E-state index contributed by atoms with van der Waals surface area (Å²) in [4.78, 5) is 17.7. The highest BCUT2D eigenvalue weighted by molar-refractivity contribution is 5.91. The maximum absolute atomic E-state index is 13.1. The van der Waals surface area contributed by atoms with E-state index in [1.807, 2.05) is 73.7 Å². The van der Waals surface area contributed by atoms with Gasteiger partial charge in [-0.15, -0.1) is 0 Å². The predicted molar refractivity (Wildman–Crippen MR) is 125 cm³/mol. The third-order valence-corrected chi connectivity index (χ3v) is 6.65. The first kappa shape index (κ1) is 21.3. The lowest BCUT2D eigenvalue weighted by Crippen LogP contribution is -2.48. The average Bonchev–Trinajstić information content (AvgIpc) is 3.25. The van der Waals surface area contributed by atoms with Gasteiger partial charge in [0.2, 0.25) is 5.91 Å². The molecule has 0 aliphatic heterocycles. The van der Waals surface area contributed by atoms with E-state index < -0.39 is 5.41 Å². The largest absolute Gasteiger partial charge is 0.369 e. The zero-order valence-corrected chi connectivity index (χ0v) is 18.1. The molecule has 1 amide bonds. The van der Waals surface area contributed by atoms with E-state index in [-0.39, 0.29) is 11.8 Å². The highest BCUT2D eigenvalue weighted by Crippen LogP contribution is 2.46. The van der Waals surface area contributed by atoms with Crippen LogP contribution >= 0.6 is 0 Å². The number of amides is 1. The number of carbonyl (C=O) groups is 1. The highest BCUT2D eigenvalue weighted by atomic mass is 16.1. The summed E-state index contributed by atoms with van der Waals surface area (Å²) in [7, 11) is 0. The zero-order chi connectivity index (χ0) is 21.7. The van der Waals surface area contributed by atoms with Gasteiger partial charge in [0.1, 0.15) is 5.41 Å². The summed E-state index contributed by atoms with van der Waals surface area (Å²) in [6.45, 7) is 2.91. The van der Waals surface area contributed by atoms with E-state index in [0.717, 1.165) is 54.7 Å². The van der Waals surface area contributed by atoms with Crippen molar-refractivity contribution in [3.8, 4) is 0 Å². The van der Waals surface area contributed by atoms with E-state index >= 15 is 0 Å². The van der Waals surface area contributed by atoms with Crippen molar-refractivity contribution in [2.45, 2.75) is 44.1 Å². The molecule has 0 spiro atoms. The molecule has 1 fully saturated rings. The standard InChI is InChI=1S/C27H31N3O/c1-20-9-8-14-24(30-20)17-18-29-25-16-15-23(19-25)27(26(28)31,21-10-4-2-5-11-21)22-12-6-3-7-13-22/h2-14,23,25,29H,15-19H2,1H3,(H2,28,31). The molecule has 2 atom stereocenters. The molecule has 0 radical (unpaired) electrons. The minimum Gasteiger partial charge on any atom is -0.369 e. The number of primary amides is 1. The maximum atomic E-state index is 13.1. The minimum atomic E-state index is -0.808. The fraction of sp³-hybridized carbons (Fsp3) is 0.333. The minimum absolute atomic E-state index is 0.157. The lowest BCUT2D eigenvalue weighted by atomic mass is 9.64. The fourth-order valence-corrected chi connectivity index (χ4v) is 5.23. The Bertz CT molecular complexity index is 964. The zero-order valence-electron chi connectivity index (χ0n) is 18.1. The number of aryl methyl sites for hydroxylation is 1. The SMILES string of the molecule is Cc1cccc(CCNC2CCC(C(C(N)=O)(c3ccccc3)c3ccccc3)C2)n1. The topological polar surface area (TPSA) is 68.0 Å². The number of nitrogens with two attached hydrogens (primary N) is 1. The Labute approximate surface area is 184 Å². The van der Waals surface area contributed by atoms with Crippen LogP contribution in [0.2, 0.25) is 0 Å². The Morgan fingerprint density at radius 2 is 1.61 bits per heavy atom. The molecule has 2 unspecified atom stereocenters. The average molecular weight is 414 g/mol. The monoisotopic (exact) mass is 413 g/mol. The molecule has 3 aromatic rings. The van der Waals surface area contributed by atoms with Crippen LogP contribution in [0, 0.1) is 12.8 Å². The van der Waals surface area contributed by atoms with Crippen molar-refractivity contribution < 1.29 is 4.79 Å². The van der Waals surface area contributed by atoms with Crippen molar-refractivity contribution in [3.63, 3.8) is 0 Å². The van der Waals surface area contributed by atoms with Crippen LogP contribution in [-0.2, 0) is 16.6 Å². The molecule has 0 saturated heterocycles. The van der Waals surface area contributed by atoms with Crippen molar-refractivity contribution in [2.75, 3.05) is 6.54 Å². The van der Waals surface area contributed by atoms with E-state index in [1.54, 1.807) is 0 Å². The molecule has 1 aromatic heterocycles. The molecular formula is C27H31N3O. The van der Waals surface area contributed by atoms with Gasteiger partial charge in [-0.05, 0) is 55.4 Å². The molecule has 1 heterocycles. The van der Waals surface area contributed by atoms with E-state index in [4.69, 9.17) is 5.73 Å². The smallest absolute Gasteiger partial charge is 0.232 e. The van der Waals surface area contributed by atoms with Crippen LogP contribution in [0.4, 0.5) is 0 Å². The number of pyridine rings is 1. The molecule has 1 saturated carbocycles. The Morgan fingerprint density at radius 1 is 0.968 bits per heavy atom. The van der Waals surface area contributed by atoms with Crippen LogP contribution in [0.15, 0.2) is 78.9 Å². The number of nitrogens with zero attached hydrogens (tertiary/aromatic N) is 1. The first-order valence-electron chi connectivity index (χ1n) is 11.2. The van der Waals surface area contributed by atoms with Crippen LogP contribution < -0.4 is 11.1 Å². The van der Waals surface area contributed by atoms with Gasteiger partial charge in [-0.1, -0.05) is 66.7 Å². The predicted octanol–water partition coefficient (Wildman–Crippen LogP) is 4.16. The molecule has 2 aromatic carbocycles. The van der Waals surface area contributed by atoms with Crippen molar-refractivity contribution in [2.24, 2.45) is 11.7 Å². The quantitative estimate of drug-likeness (QED) is 0.583. The summed E-state index contributed by atoms with van der Waals surface area (Å²) >= 11 is 0. The van der Waals surface area contributed by atoms with Crippen molar-refractivity contribution in [1.82, 2.24) is 10.3 Å². The molecule has 0 bridgehead atoms. The second-order valence-electron chi connectivity index (χ2n) is 8.59. The first-order valence-corrected chi connectivity index (χ1v) is 11.2. The number of nitrogens with one attached hydrogen (secondary N) is 1. The number of carbonyl (C=O) groups excluding carboxylic acids is 1. The third-order valence-electron chi connectivity index (χ3n) is 6.65. The molecule has 1 aliphatic carbocycles. The van der Waals surface area contributed by atoms with Gasteiger partial charge in [0.15, 0.2) is 0 Å². The molecule has 4 nitrogen and oxygen atoms in total. The number of aromatic nitrogens is 1. The van der Waals surface area contributed by atoms with Crippen molar-refractivity contribution in [1.29, 1.82) is 0 Å². The molecule has 160 valence electrons. The number of benzene rings is 2. The van der Waals surface area contributed by atoms with Crippen molar-refractivity contribution in [3.05, 3.63) is 101 Å². The molecule has 4 rings (SSSR count). The van der Waals surface area contributed by atoms with Gasteiger partial charge in [-0.2, -0.15) is 0 Å². The summed E-state index contributed by atoms with van der Waals surface area (Å²) in [5, 5.41) is 3.70. The van der Waals surface area contributed by atoms with Crippen LogP contribution in [0.1, 0.15) is 41.8 Å². The van der Waals surface area contributed by atoms with Gasteiger partial charge in [0.05, 0.1) is 0 Å². The maximum Gasteiger partial charge on any atom is 0.232 e. The summed E-state index contributed by atoms with van der Waals surface area (Å²) in [6.07, 6.45) is 3.84. The van der Waals surface area contributed by atoms with Crippen LogP contribution in [-0.4, -0.2) is 23.5 Å². The Hall–Kier alpha value is -2.98. The van der Waals surface area contributed by atoms with Gasteiger partial charge < -0.3 is 11.1 Å². The summed E-state index contributed by atoms with van der Waals surface area (Å²) in [6, 6.07) is 26.7. The van der Waals surface area contributed by atoms with Crippen molar-refractivity contribution >= 4 is 5.91 Å². The summed E-state index contributed by atoms with van der Waals surface area (Å²) < 4.78 is 0. The van der Waals surface area contributed by atoms with Gasteiger partial charge in [-0.3, -0.25) is 9.78 Å². The lowest BCUT2D eigenvalue weighted by Gasteiger charge is -2.37. The third kappa shape index (κ3) is 4.40. The van der Waals surface area contributed by atoms with Gasteiger partial charge >= 0.3 is 0 Å². The Balaban J connectivity index is 1.54. The van der Waals surface area contributed by atoms with Gasteiger partial charge in [0, 0.05) is 30.4 Å². The van der Waals surface area contributed by atoms with Crippen LogP contribution in [0.25, 0.3) is 0 Å². The Morgan fingerprint density at radius 3 is 2.19 bits per heavy atom. The molecule has 1 aliphatic rings. The van der Waals surface area contributed by atoms with Crippen LogP contribution in [0.5, 0.6) is 0 Å². The van der Waals surface area contributed by atoms with Gasteiger partial charge in [-0.25, -0.2) is 0 Å². The van der Waals surface area contributed by atoms with E-state index in [2.05, 4.69) is 22.4 Å². The Kier molecular flexibility index (Phi) is 6.47. The number of rotatable bonds is 8. The first-order chi connectivity index (χ1) is 15.1. The van der Waals surface area contributed by atoms with E-state index in [0.29, 0.717) is 6.04 Å². The van der Waals surface area contributed by atoms with Crippen LogP contribution in [0.3, 0.4) is 0 Å². The summed E-state index contributed by atoms with van der Waals surface area (Å²) in [5.41, 5.74) is 9.52. The number of hydrogen-bond acceptors (Lipinski definition) is 3. The normalized spacial score (nSPS) is 18.7.